The monoisotopic (exact) mass is 891 g/mol. The number of benzene rings is 1. The number of ketones is 2. The Balaban J connectivity index is 1.31. The van der Waals surface area contributed by atoms with Crippen molar-refractivity contribution in [3.8, 4) is 0 Å². The van der Waals surface area contributed by atoms with Crippen LogP contribution in [0.4, 0.5) is 0 Å². The van der Waals surface area contributed by atoms with Gasteiger partial charge in [0.25, 0.3) is 11.7 Å². The highest BCUT2D eigenvalue weighted by Crippen LogP contribution is 2.44. The van der Waals surface area contributed by atoms with E-state index in [0.717, 1.165) is 27.6 Å². The number of piperidine rings is 1. The zero-order valence-electron chi connectivity index (χ0n) is 39.6. The first kappa shape index (κ1) is 49.7. The van der Waals surface area contributed by atoms with Gasteiger partial charge >= 0.3 is 5.97 Å². The summed E-state index contributed by atoms with van der Waals surface area (Å²) >= 11 is 0. The molecule has 13 atom stereocenters. The lowest BCUT2D eigenvalue weighted by atomic mass is 9.72. The highest BCUT2D eigenvalue weighted by molar-refractivity contribution is 6.39. The van der Waals surface area contributed by atoms with E-state index in [-0.39, 0.29) is 55.3 Å². The smallest absolute Gasteiger partial charge is 0.329 e. The number of methoxy groups -OCH3 is 3. The molecule has 2 bridgehead atoms. The molecule has 1 saturated carbocycles. The molecule has 3 aliphatic heterocycles. The Labute approximate surface area is 379 Å². The summed E-state index contributed by atoms with van der Waals surface area (Å²) in [5.74, 6) is -6.43. The summed E-state index contributed by atoms with van der Waals surface area (Å²) in [6, 6.07) is 6.84. The van der Waals surface area contributed by atoms with Crippen LogP contribution in [-0.4, -0.2) is 114 Å². The molecule has 2 aromatic rings. The van der Waals surface area contributed by atoms with Crippen molar-refractivity contribution in [2.75, 3.05) is 27.9 Å². The van der Waals surface area contributed by atoms with E-state index in [4.69, 9.17) is 23.7 Å². The number of nitrogens with zero attached hydrogens (tertiary/aromatic N) is 1. The van der Waals surface area contributed by atoms with Gasteiger partial charge in [0.05, 0.1) is 18.3 Å². The quantitative estimate of drug-likeness (QED) is 0.143. The van der Waals surface area contributed by atoms with E-state index in [1.54, 1.807) is 28.3 Å². The van der Waals surface area contributed by atoms with Crippen LogP contribution in [0.2, 0.25) is 0 Å². The van der Waals surface area contributed by atoms with E-state index in [0.29, 0.717) is 57.8 Å². The second kappa shape index (κ2) is 21.3. The molecule has 1 aliphatic carbocycles. The summed E-state index contributed by atoms with van der Waals surface area (Å²) in [5.41, 5.74) is 2.46. The van der Waals surface area contributed by atoms with Gasteiger partial charge < -0.3 is 43.8 Å². The normalized spacial score (nSPS) is 37.1. The van der Waals surface area contributed by atoms with E-state index in [9.17, 15) is 29.4 Å². The number of fused-ring (bicyclic) bond motifs is 4. The zero-order valence-corrected chi connectivity index (χ0v) is 39.6. The Morgan fingerprint density at radius 2 is 1.69 bits per heavy atom. The number of cyclic esters (lactones) is 1. The summed E-state index contributed by atoms with van der Waals surface area (Å²) in [6.07, 6.45) is 8.77. The maximum Gasteiger partial charge on any atom is 0.329 e. The predicted molar refractivity (Wildman–Crippen MR) is 243 cm³/mol. The second-order valence-electron chi connectivity index (χ2n) is 19.6. The van der Waals surface area contributed by atoms with Crippen LogP contribution in [-0.2, 0) is 48.5 Å². The molecular weight excluding hydrogens is 817 g/mol. The van der Waals surface area contributed by atoms with Crippen molar-refractivity contribution in [2.24, 2.45) is 29.6 Å². The van der Waals surface area contributed by atoms with Crippen molar-refractivity contribution in [1.82, 2.24) is 9.88 Å². The van der Waals surface area contributed by atoms with Gasteiger partial charge in [-0.25, -0.2) is 4.79 Å². The van der Waals surface area contributed by atoms with Crippen LogP contribution in [0.25, 0.3) is 10.9 Å². The lowest BCUT2D eigenvalue weighted by molar-refractivity contribution is -0.302. The number of Topliss-reactive ketones (excluding diaryl/α,β-unsaturated/α-hetero) is 2. The minimum atomic E-state index is -2.48. The minimum absolute atomic E-state index is 0.0123. The number of aliphatic hydroxyl groups is 2. The van der Waals surface area contributed by atoms with Gasteiger partial charge in [0.1, 0.15) is 29.6 Å². The molecule has 1 amide bonds. The van der Waals surface area contributed by atoms with Crippen molar-refractivity contribution >= 4 is 34.3 Å². The fourth-order valence-corrected chi connectivity index (χ4v) is 11.1. The van der Waals surface area contributed by atoms with Gasteiger partial charge in [-0.2, -0.15) is 0 Å². The number of carbonyl (C=O) groups excluding carboxylic acids is 4. The van der Waals surface area contributed by atoms with Crippen LogP contribution >= 0.6 is 0 Å². The summed E-state index contributed by atoms with van der Waals surface area (Å²) < 4.78 is 30.6. The van der Waals surface area contributed by atoms with Gasteiger partial charge in [-0.1, -0.05) is 51.5 Å². The lowest BCUT2D eigenvalue weighted by Gasteiger charge is -2.47. The number of aromatic amines is 1. The summed E-state index contributed by atoms with van der Waals surface area (Å²) in [5, 5.41) is 25.3. The fourth-order valence-electron chi connectivity index (χ4n) is 11.1. The highest BCUT2D eigenvalue weighted by Gasteiger charge is 2.56. The van der Waals surface area contributed by atoms with Crippen LogP contribution in [0.1, 0.15) is 124 Å². The standard InChI is InChI=1S/C51H74N2O11/c1-10-36-24-30(2)23-31(3)25-42(60-7)46-43(61-8)27-34(6)51(59,64-46)47(55)48(56)53-22-12-11-13-40(53)49(57)63-45(32(4)14-17-41(36)54)33(5)26-35-18-20-50(58,44(28-35)62-9)38-15-16-39-37(29-38)19-21-52-39/h15-16,19,21,24,26,29,31-32,34-36,40,42-46,52,58-59H,10-14,17-18,20,22-23,25,27-28H2,1-9H3. The lowest BCUT2D eigenvalue weighted by Crippen LogP contribution is -2.64. The first-order valence-electron chi connectivity index (χ1n) is 23.7. The van der Waals surface area contributed by atoms with Crippen molar-refractivity contribution in [3.05, 3.63) is 59.3 Å². The fraction of sp³-hybridized carbons (Fsp3) is 0.686. The first-order valence-corrected chi connectivity index (χ1v) is 23.7. The summed E-state index contributed by atoms with van der Waals surface area (Å²) in [4.78, 5) is 61.6. The number of nitrogens with one attached hydrogen (secondary N) is 1. The average molecular weight is 891 g/mol. The highest BCUT2D eigenvalue weighted by atomic mass is 16.7. The SMILES string of the molecule is CCC1C=C(C)CC(C)CC(OC)C2OC(O)(C(=O)C(=O)N3CCCCC3C(=O)OC(C(C)=CC3CCC(O)(c4ccc5[nH]ccc5c4)C(OC)C3)C(C)CCC1=O)C(C)CC2OC. The van der Waals surface area contributed by atoms with E-state index >= 15 is 0 Å². The molecule has 13 nitrogen and oxygen atoms in total. The topological polar surface area (TPSA) is 174 Å². The van der Waals surface area contributed by atoms with Gasteiger partial charge in [0, 0.05) is 57.8 Å². The molecule has 13 unspecified atom stereocenters. The number of allylic oxidation sites excluding steroid dienone is 3. The number of H-pyrrole nitrogens is 1. The van der Waals surface area contributed by atoms with Gasteiger partial charge in [0.2, 0.25) is 5.79 Å². The van der Waals surface area contributed by atoms with E-state index in [1.807, 2.05) is 58.2 Å². The number of hydrogen-bond donors (Lipinski definition) is 3. The maximum absolute atomic E-state index is 14.5. The molecule has 4 heterocycles. The van der Waals surface area contributed by atoms with E-state index in [2.05, 4.69) is 24.1 Å². The van der Waals surface area contributed by atoms with Crippen molar-refractivity contribution in [3.63, 3.8) is 0 Å². The molecule has 4 aliphatic rings. The molecule has 0 radical (unpaired) electrons. The summed E-state index contributed by atoms with van der Waals surface area (Å²) in [7, 11) is 4.73. The predicted octanol–water partition coefficient (Wildman–Crippen LogP) is 7.51. The van der Waals surface area contributed by atoms with Crippen LogP contribution in [0, 0.1) is 29.6 Å². The number of ether oxygens (including phenoxy) is 5. The van der Waals surface area contributed by atoms with Crippen LogP contribution in [0.5, 0.6) is 0 Å². The Morgan fingerprint density at radius 1 is 0.953 bits per heavy atom. The number of carbonyl (C=O) groups is 4. The molecule has 2 saturated heterocycles. The molecule has 354 valence electrons. The van der Waals surface area contributed by atoms with Gasteiger partial charge in [0.15, 0.2) is 0 Å². The van der Waals surface area contributed by atoms with Gasteiger partial charge in [-0.05, 0) is 137 Å². The third-order valence-corrected chi connectivity index (χ3v) is 14.9. The van der Waals surface area contributed by atoms with Gasteiger partial charge in [-0.3, -0.25) is 14.4 Å². The largest absolute Gasteiger partial charge is 0.456 e. The minimum Gasteiger partial charge on any atom is -0.456 e. The molecular formula is C51H74N2O11. The Hall–Kier alpha value is -3.72. The Morgan fingerprint density at radius 3 is 2.39 bits per heavy atom. The number of amides is 1. The first-order chi connectivity index (χ1) is 30.5. The van der Waals surface area contributed by atoms with E-state index in [1.165, 1.54) is 4.90 Å². The second-order valence-corrected chi connectivity index (χ2v) is 19.6. The summed E-state index contributed by atoms with van der Waals surface area (Å²) in [6.45, 7) is 11.8. The van der Waals surface area contributed by atoms with Crippen LogP contribution in [0.15, 0.2) is 53.8 Å². The van der Waals surface area contributed by atoms with Crippen molar-refractivity contribution in [2.45, 2.75) is 167 Å². The van der Waals surface area contributed by atoms with Crippen LogP contribution < -0.4 is 0 Å². The third-order valence-electron chi connectivity index (χ3n) is 14.9. The van der Waals surface area contributed by atoms with E-state index < -0.39 is 71.5 Å². The number of rotatable bonds is 7. The molecule has 0 spiro atoms. The zero-order chi connectivity index (χ0) is 46.5. The molecule has 64 heavy (non-hydrogen) atoms. The molecule has 1 aromatic carbocycles. The average Bonchev–Trinajstić information content (AvgIpc) is 3.77. The Bertz CT molecular complexity index is 2030. The molecule has 1 aromatic heterocycles. The number of aromatic nitrogens is 1. The molecule has 6 rings (SSSR count). The maximum atomic E-state index is 14.5. The van der Waals surface area contributed by atoms with Crippen molar-refractivity contribution < 1.29 is 53.1 Å². The number of hydrogen-bond acceptors (Lipinski definition) is 11. The van der Waals surface area contributed by atoms with Crippen molar-refractivity contribution in [1.29, 1.82) is 0 Å². The number of esters is 1. The van der Waals surface area contributed by atoms with Crippen LogP contribution in [0.3, 0.4) is 0 Å². The van der Waals surface area contributed by atoms with Gasteiger partial charge in [-0.15, -0.1) is 0 Å². The molecule has 3 fully saturated rings. The molecule has 3 N–H and O–H groups in total. The molecule has 13 heteroatoms. The Kier molecular flexibility index (Phi) is 16.5. The third kappa shape index (κ3) is 10.6.